The van der Waals surface area contributed by atoms with E-state index in [9.17, 15) is 4.79 Å². The zero-order valence-corrected chi connectivity index (χ0v) is 15.2. The molecule has 0 fully saturated rings. The molecule has 0 aliphatic rings. The van der Waals surface area contributed by atoms with Gasteiger partial charge in [-0.05, 0) is 23.8 Å². The Morgan fingerprint density at radius 2 is 2.12 bits per heavy atom. The fourth-order valence-electron chi connectivity index (χ4n) is 2.60. The summed E-state index contributed by atoms with van der Waals surface area (Å²) >= 11 is 1.38. The van der Waals surface area contributed by atoms with Gasteiger partial charge in [0, 0.05) is 19.2 Å². The van der Waals surface area contributed by atoms with Gasteiger partial charge in [-0.15, -0.1) is 10.2 Å². The van der Waals surface area contributed by atoms with E-state index in [2.05, 4.69) is 15.5 Å². The zero-order valence-electron chi connectivity index (χ0n) is 14.4. The lowest BCUT2D eigenvalue weighted by Gasteiger charge is -2.15. The van der Waals surface area contributed by atoms with Crippen molar-refractivity contribution in [1.29, 1.82) is 0 Å². The lowest BCUT2D eigenvalue weighted by Crippen LogP contribution is -2.30. The molecule has 1 atom stereocenters. The third-order valence-corrected chi connectivity index (χ3v) is 5.13. The molecule has 0 spiro atoms. The van der Waals surface area contributed by atoms with E-state index in [1.54, 1.807) is 18.0 Å². The van der Waals surface area contributed by atoms with Gasteiger partial charge in [0.15, 0.2) is 5.16 Å². The van der Waals surface area contributed by atoms with Crippen LogP contribution in [0, 0.1) is 0 Å². The third-order valence-electron chi connectivity index (χ3n) is 3.98. The number of thioether (sulfide) groups is 1. The number of hydrogen-bond acceptors (Lipinski definition) is 5. The van der Waals surface area contributed by atoms with Gasteiger partial charge in [0.25, 0.3) is 0 Å². The molecule has 0 radical (unpaired) electrons. The quantitative estimate of drug-likeness (QED) is 0.688. The van der Waals surface area contributed by atoms with E-state index in [-0.39, 0.29) is 11.2 Å². The van der Waals surface area contributed by atoms with E-state index in [0.29, 0.717) is 11.7 Å². The highest BCUT2D eigenvalue weighted by Gasteiger charge is 2.18. The summed E-state index contributed by atoms with van der Waals surface area (Å²) < 4.78 is 7.26. The van der Waals surface area contributed by atoms with Crippen LogP contribution in [0.25, 0.3) is 10.8 Å². The van der Waals surface area contributed by atoms with Gasteiger partial charge in [0.2, 0.25) is 5.91 Å². The molecule has 2 aromatic carbocycles. The van der Waals surface area contributed by atoms with Crippen LogP contribution in [0.4, 0.5) is 0 Å². The first-order valence-electron chi connectivity index (χ1n) is 7.93. The highest BCUT2D eigenvalue weighted by Crippen LogP contribution is 2.28. The molecule has 0 aliphatic heterocycles. The molecule has 7 heteroatoms. The van der Waals surface area contributed by atoms with E-state index < -0.39 is 0 Å². The van der Waals surface area contributed by atoms with Gasteiger partial charge in [-0.3, -0.25) is 4.79 Å². The van der Waals surface area contributed by atoms with Gasteiger partial charge in [-0.25, -0.2) is 0 Å². The number of rotatable bonds is 6. The zero-order chi connectivity index (χ0) is 17.8. The Bertz CT molecular complexity index is 894. The average Bonchev–Trinajstić information content (AvgIpc) is 3.03. The minimum absolute atomic E-state index is 0.0528. The lowest BCUT2D eigenvalue weighted by molar-refractivity contribution is -0.120. The van der Waals surface area contributed by atoms with Crippen molar-refractivity contribution < 1.29 is 9.53 Å². The summed E-state index contributed by atoms with van der Waals surface area (Å²) in [4.78, 5) is 12.5. The molecule has 0 saturated heterocycles. The molecule has 1 N–H and O–H groups in total. The van der Waals surface area contributed by atoms with E-state index in [1.165, 1.54) is 11.8 Å². The van der Waals surface area contributed by atoms with Crippen molar-refractivity contribution in [2.75, 3.05) is 7.11 Å². The number of nitrogens with zero attached hydrogens (tertiary/aromatic N) is 3. The van der Waals surface area contributed by atoms with Crippen molar-refractivity contribution in [3.05, 3.63) is 48.3 Å². The molecule has 6 nitrogen and oxygen atoms in total. The molecule has 130 valence electrons. The predicted octanol–water partition coefficient (Wildman–Crippen LogP) is 2.77. The summed E-state index contributed by atoms with van der Waals surface area (Å²) in [5.74, 6) is 0.718. The molecule has 0 aliphatic carbocycles. The SMILES string of the molecule is COc1ccc2ccccc2c1CNC(=O)[C@@H](C)Sc1nncn1C. The van der Waals surface area contributed by atoms with Crippen LogP contribution in [0.1, 0.15) is 12.5 Å². The number of nitrogens with one attached hydrogen (secondary N) is 1. The maximum absolute atomic E-state index is 12.5. The van der Waals surface area contributed by atoms with E-state index in [4.69, 9.17) is 4.74 Å². The maximum Gasteiger partial charge on any atom is 0.233 e. The topological polar surface area (TPSA) is 69.0 Å². The number of ether oxygens (including phenoxy) is 1. The smallest absolute Gasteiger partial charge is 0.233 e. The normalized spacial score (nSPS) is 12.1. The van der Waals surface area contributed by atoms with Crippen molar-refractivity contribution >= 4 is 28.4 Å². The molecule has 1 heterocycles. The van der Waals surface area contributed by atoms with Gasteiger partial charge in [0.05, 0.1) is 12.4 Å². The van der Waals surface area contributed by atoms with Gasteiger partial charge < -0.3 is 14.6 Å². The Hall–Kier alpha value is -2.54. The Morgan fingerprint density at radius 1 is 1.32 bits per heavy atom. The van der Waals surface area contributed by atoms with Gasteiger partial charge >= 0.3 is 0 Å². The van der Waals surface area contributed by atoms with Crippen LogP contribution >= 0.6 is 11.8 Å². The second kappa shape index (κ2) is 7.57. The number of benzene rings is 2. The Morgan fingerprint density at radius 3 is 2.84 bits per heavy atom. The van der Waals surface area contributed by atoms with Crippen molar-refractivity contribution in [3.8, 4) is 5.75 Å². The highest BCUT2D eigenvalue weighted by atomic mass is 32.2. The molecule has 25 heavy (non-hydrogen) atoms. The first kappa shape index (κ1) is 17.3. The number of aromatic nitrogens is 3. The monoisotopic (exact) mass is 356 g/mol. The van der Waals surface area contributed by atoms with Gasteiger partial charge in [0.1, 0.15) is 12.1 Å². The summed E-state index contributed by atoms with van der Waals surface area (Å²) in [5.41, 5.74) is 0.977. The summed E-state index contributed by atoms with van der Waals surface area (Å²) in [5, 5.41) is 13.5. The molecule has 3 aromatic rings. The molecule has 1 aromatic heterocycles. The summed E-state index contributed by atoms with van der Waals surface area (Å²) in [6.07, 6.45) is 1.62. The minimum atomic E-state index is -0.274. The third kappa shape index (κ3) is 3.76. The predicted molar refractivity (Wildman–Crippen MR) is 98.7 cm³/mol. The molecular formula is C18H20N4O2S. The Labute approximate surface area is 150 Å². The van der Waals surface area contributed by atoms with Crippen LogP contribution in [-0.2, 0) is 18.4 Å². The van der Waals surface area contributed by atoms with Gasteiger partial charge in [-0.2, -0.15) is 0 Å². The molecule has 3 rings (SSSR count). The van der Waals surface area contributed by atoms with Crippen LogP contribution < -0.4 is 10.1 Å². The number of aryl methyl sites for hydroxylation is 1. The fraction of sp³-hybridized carbons (Fsp3) is 0.278. The number of amides is 1. The van der Waals surface area contributed by atoms with E-state index in [1.807, 2.05) is 50.4 Å². The van der Waals surface area contributed by atoms with E-state index in [0.717, 1.165) is 22.1 Å². The second-order valence-electron chi connectivity index (χ2n) is 5.67. The van der Waals surface area contributed by atoms with Crippen LogP contribution in [0.2, 0.25) is 0 Å². The summed E-state index contributed by atoms with van der Waals surface area (Å²) in [7, 11) is 3.50. The van der Waals surface area contributed by atoms with Crippen LogP contribution in [0.3, 0.4) is 0 Å². The largest absolute Gasteiger partial charge is 0.496 e. The van der Waals surface area contributed by atoms with Crippen LogP contribution in [0.5, 0.6) is 5.75 Å². The second-order valence-corrected chi connectivity index (χ2v) is 6.98. The lowest BCUT2D eigenvalue weighted by atomic mass is 10.0. The number of hydrogen-bond donors (Lipinski definition) is 1. The van der Waals surface area contributed by atoms with Crippen molar-refractivity contribution in [3.63, 3.8) is 0 Å². The number of methoxy groups -OCH3 is 1. The summed E-state index contributed by atoms with van der Waals surface area (Å²) in [6.45, 7) is 2.27. The van der Waals surface area contributed by atoms with Crippen molar-refractivity contribution in [1.82, 2.24) is 20.1 Å². The number of fused-ring (bicyclic) bond motifs is 1. The summed E-state index contributed by atoms with van der Waals surface area (Å²) in [6, 6.07) is 12.0. The molecule has 0 saturated carbocycles. The molecular weight excluding hydrogens is 336 g/mol. The fourth-order valence-corrected chi connectivity index (χ4v) is 3.41. The van der Waals surface area contributed by atoms with Crippen molar-refractivity contribution in [2.45, 2.75) is 23.9 Å². The minimum Gasteiger partial charge on any atom is -0.496 e. The first-order chi connectivity index (χ1) is 12.1. The Kier molecular flexibility index (Phi) is 5.23. The van der Waals surface area contributed by atoms with Crippen LogP contribution in [-0.4, -0.2) is 33.0 Å². The van der Waals surface area contributed by atoms with Crippen LogP contribution in [0.15, 0.2) is 47.9 Å². The standard InChI is InChI=1S/C18H20N4O2S/c1-12(25-18-21-20-11-22(18)2)17(23)19-10-15-14-7-5-4-6-13(14)8-9-16(15)24-3/h4-9,11-12H,10H2,1-3H3,(H,19,23)/t12-/m1/s1. The molecule has 0 bridgehead atoms. The Balaban J connectivity index is 1.73. The molecule has 0 unspecified atom stereocenters. The average molecular weight is 356 g/mol. The number of carbonyl (C=O) groups is 1. The van der Waals surface area contributed by atoms with E-state index >= 15 is 0 Å². The highest BCUT2D eigenvalue weighted by molar-refractivity contribution is 8.00. The number of carbonyl (C=O) groups excluding carboxylic acids is 1. The van der Waals surface area contributed by atoms with Crippen molar-refractivity contribution in [2.24, 2.45) is 7.05 Å². The maximum atomic E-state index is 12.5. The first-order valence-corrected chi connectivity index (χ1v) is 8.81. The molecule has 1 amide bonds. The van der Waals surface area contributed by atoms with Gasteiger partial charge in [-0.1, -0.05) is 42.1 Å².